The van der Waals surface area contributed by atoms with Crippen LogP contribution in [0, 0.1) is 0 Å². The molecule has 0 spiro atoms. The number of aromatic nitrogens is 3. The predicted octanol–water partition coefficient (Wildman–Crippen LogP) is 2.73. The Balaban J connectivity index is 1.02. The molecule has 0 saturated heterocycles. The Morgan fingerprint density at radius 3 is 2.46 bits per heavy atom. The van der Waals surface area contributed by atoms with Gasteiger partial charge in [0.15, 0.2) is 6.61 Å². The van der Waals surface area contributed by atoms with Crippen molar-refractivity contribution in [1.29, 1.82) is 0 Å². The van der Waals surface area contributed by atoms with Crippen molar-refractivity contribution in [3.8, 4) is 17.2 Å². The molecular formula is C46H53N10O9+. The molecule has 3 aromatic carbocycles. The van der Waals surface area contributed by atoms with Gasteiger partial charge in [-0.15, -0.1) is 5.10 Å². The van der Waals surface area contributed by atoms with Crippen molar-refractivity contribution in [3.63, 3.8) is 0 Å². The second-order valence-corrected chi connectivity index (χ2v) is 16.9. The molecule has 65 heavy (non-hydrogen) atoms. The van der Waals surface area contributed by atoms with Crippen LogP contribution in [0.3, 0.4) is 0 Å². The summed E-state index contributed by atoms with van der Waals surface area (Å²) in [6.07, 6.45) is 9.63. The number of aryl methyl sites for hydroxylation is 2. The summed E-state index contributed by atoms with van der Waals surface area (Å²) in [4.78, 5) is 44.0. The molecule has 19 nitrogen and oxygen atoms in total. The fourth-order valence-electron chi connectivity index (χ4n) is 9.97. The second-order valence-electron chi connectivity index (χ2n) is 16.9. The minimum atomic E-state index is -1.21. The molecule has 340 valence electrons. The molecule has 1 amide bonds. The van der Waals surface area contributed by atoms with Crippen molar-refractivity contribution in [2.75, 3.05) is 88.6 Å². The maximum atomic E-state index is 13.4. The lowest BCUT2D eigenvalue weighted by molar-refractivity contribution is -0.136. The molecule has 19 heteroatoms. The Hall–Kier alpha value is -6.69. The van der Waals surface area contributed by atoms with E-state index in [-0.39, 0.29) is 24.5 Å². The lowest BCUT2D eigenvalue weighted by Gasteiger charge is -2.39. The molecule has 3 N–H and O–H groups in total. The van der Waals surface area contributed by atoms with E-state index in [0.29, 0.717) is 38.7 Å². The first-order valence-electron chi connectivity index (χ1n) is 22.5. The van der Waals surface area contributed by atoms with Crippen molar-refractivity contribution in [2.24, 2.45) is 5.11 Å². The summed E-state index contributed by atoms with van der Waals surface area (Å²) in [6, 6.07) is 10.00. The Kier molecular flexibility index (Phi) is 13.1. The Labute approximate surface area is 374 Å². The minimum Gasteiger partial charge on any atom is -0.482 e. The normalized spacial score (nSPS) is 15.4. The molecule has 4 aromatic rings. The highest BCUT2D eigenvalue weighted by Gasteiger charge is 2.36. The summed E-state index contributed by atoms with van der Waals surface area (Å²) >= 11 is 0. The number of nitrogens with zero attached hydrogens (tertiary/aromatic N) is 9. The Morgan fingerprint density at radius 1 is 0.908 bits per heavy atom. The number of carboxylic acid groups (broad SMARTS) is 2. The first-order chi connectivity index (χ1) is 31.7. The number of amides is 1. The molecule has 0 radical (unpaired) electrons. The number of benzene rings is 3. The van der Waals surface area contributed by atoms with E-state index in [0.717, 1.165) is 111 Å². The minimum absolute atomic E-state index is 0.0682. The van der Waals surface area contributed by atoms with Crippen molar-refractivity contribution < 1.29 is 43.5 Å². The van der Waals surface area contributed by atoms with Gasteiger partial charge in [0.1, 0.15) is 49.1 Å². The van der Waals surface area contributed by atoms with Gasteiger partial charge in [-0.25, -0.2) is 9.26 Å². The molecular weight excluding hydrogens is 837 g/mol. The van der Waals surface area contributed by atoms with Crippen LogP contribution >= 0.6 is 0 Å². The van der Waals surface area contributed by atoms with Crippen LogP contribution in [-0.2, 0) is 62.6 Å². The molecule has 0 atom stereocenters. The molecule has 0 fully saturated rings. The van der Waals surface area contributed by atoms with E-state index in [4.69, 9.17) is 24.5 Å². The molecule has 1 aromatic heterocycles. The van der Waals surface area contributed by atoms with Crippen LogP contribution < -0.4 is 39.7 Å². The largest absolute Gasteiger partial charge is 0.482 e. The third-order valence-corrected chi connectivity index (χ3v) is 12.6. The number of aliphatic carboxylic acids is 2. The van der Waals surface area contributed by atoms with Gasteiger partial charge in [-0.1, -0.05) is 16.4 Å². The van der Waals surface area contributed by atoms with Crippen LogP contribution in [0.2, 0.25) is 0 Å². The number of hydrogen-bond donors (Lipinski definition) is 3. The number of carbonyl (C=O) groups is 3. The fraction of sp³-hybridized carbons (Fsp3) is 0.478. The zero-order chi connectivity index (χ0) is 44.9. The number of carbonyl (C=O) groups excluding carboxylic acids is 1. The van der Waals surface area contributed by atoms with E-state index in [1.165, 1.54) is 38.2 Å². The number of azide groups is 1. The summed E-state index contributed by atoms with van der Waals surface area (Å²) in [6.45, 7) is 4.60. The Morgan fingerprint density at radius 2 is 1.66 bits per heavy atom. The molecule has 0 aliphatic carbocycles. The van der Waals surface area contributed by atoms with Gasteiger partial charge in [0, 0.05) is 70.6 Å². The number of anilines is 2. The van der Waals surface area contributed by atoms with Crippen LogP contribution in [0.1, 0.15) is 64.8 Å². The summed E-state index contributed by atoms with van der Waals surface area (Å²) in [5.74, 6) is -0.975. The summed E-state index contributed by atoms with van der Waals surface area (Å²) < 4.78 is 28.5. The Bertz CT molecular complexity index is 2670. The van der Waals surface area contributed by atoms with Crippen LogP contribution in [0.25, 0.3) is 16.0 Å². The number of carboxylic acids is 2. The maximum Gasteiger partial charge on any atom is 0.323 e. The molecule has 0 saturated carbocycles. The van der Waals surface area contributed by atoms with E-state index in [1.807, 2.05) is 12.1 Å². The van der Waals surface area contributed by atoms with Gasteiger partial charge in [-0.3, -0.25) is 14.4 Å². The highest BCUT2D eigenvalue weighted by molar-refractivity contribution is 5.91. The average molecular weight is 890 g/mol. The maximum absolute atomic E-state index is 13.4. The van der Waals surface area contributed by atoms with E-state index < -0.39 is 37.5 Å². The zero-order valence-corrected chi connectivity index (χ0v) is 36.3. The van der Waals surface area contributed by atoms with E-state index in [9.17, 15) is 24.6 Å². The average Bonchev–Trinajstić information content (AvgIpc) is 3.76. The lowest BCUT2D eigenvalue weighted by Crippen LogP contribution is -2.45. The van der Waals surface area contributed by atoms with Crippen LogP contribution in [0.5, 0.6) is 17.2 Å². The zero-order valence-electron chi connectivity index (χ0n) is 36.3. The van der Waals surface area contributed by atoms with Crippen molar-refractivity contribution in [2.45, 2.75) is 64.5 Å². The molecule has 5 aliphatic heterocycles. The molecule has 9 rings (SSSR count). The van der Waals surface area contributed by atoms with Gasteiger partial charge in [0.25, 0.3) is 5.91 Å². The van der Waals surface area contributed by atoms with Gasteiger partial charge in [0.2, 0.25) is 5.36 Å². The van der Waals surface area contributed by atoms with E-state index >= 15 is 0 Å². The van der Waals surface area contributed by atoms with Crippen molar-refractivity contribution in [3.05, 3.63) is 96.6 Å². The predicted molar refractivity (Wildman–Crippen MR) is 237 cm³/mol. The second kappa shape index (κ2) is 19.6. The fourth-order valence-corrected chi connectivity index (χ4v) is 9.97. The summed E-state index contributed by atoms with van der Waals surface area (Å²) in [5.41, 5.74) is 18.2. The highest BCUT2D eigenvalue weighted by Crippen LogP contribution is 2.49. The van der Waals surface area contributed by atoms with Gasteiger partial charge in [-0.05, 0) is 79.4 Å². The number of rotatable bonds is 20. The highest BCUT2D eigenvalue weighted by atomic mass is 16.5. The van der Waals surface area contributed by atoms with Gasteiger partial charge >= 0.3 is 11.9 Å². The third-order valence-electron chi connectivity index (χ3n) is 12.6. The van der Waals surface area contributed by atoms with Gasteiger partial charge < -0.3 is 44.3 Å². The van der Waals surface area contributed by atoms with Crippen LogP contribution in [-0.4, -0.2) is 122 Å². The van der Waals surface area contributed by atoms with Crippen molar-refractivity contribution >= 4 is 34.8 Å². The first-order valence-corrected chi connectivity index (χ1v) is 22.5. The van der Waals surface area contributed by atoms with Crippen LogP contribution in [0.4, 0.5) is 11.4 Å². The quantitative estimate of drug-likeness (QED) is 0.0336. The SMILES string of the molecule is [N-]=[N+]=NCCOCCOCCn1cc(CNC(=O)COc2cc(C3=c4cc5c6c(c4Oc4c3cc3c7c4CCCN7CCC3)CCC[N+]=6CCC5)ccc2N(CC(=O)O)CC(=O)O)nn1. The van der Waals surface area contributed by atoms with Crippen LogP contribution in [0.15, 0.2) is 41.6 Å². The monoisotopic (exact) mass is 889 g/mol. The van der Waals surface area contributed by atoms with Gasteiger partial charge in [0.05, 0.1) is 57.0 Å². The summed E-state index contributed by atoms with van der Waals surface area (Å²) in [7, 11) is 0. The number of nitrogens with one attached hydrogen (secondary N) is 1. The van der Waals surface area contributed by atoms with Gasteiger partial charge in [-0.2, -0.15) is 0 Å². The number of fused-ring (bicyclic) bond motifs is 4. The number of ether oxygens (including phenoxy) is 4. The molecule has 6 heterocycles. The standard InChI is InChI=1S/C46H52N10O9/c47-51-49-11-17-62-19-20-63-18-16-56-25-32(50-52-56)24-48-39(57)28-64-38-23-29(9-10-37(38)55(26-40(58)59)27-41(60)61)42-35-21-30-5-1-12-53-14-3-7-33(43(30)53)45(35)65-46-34-8-4-15-54-13-2-6-31(44(34)54)22-36(42)46/h9-10,21-23,25H,1-8,11-20,24,26-28H2,(H2-,48,57,58,59,60,61)/p+1. The van der Waals surface area contributed by atoms with E-state index in [2.05, 4.69) is 47.3 Å². The molecule has 0 bridgehead atoms. The number of hydrogen-bond acceptors (Lipinski definition) is 12. The smallest absolute Gasteiger partial charge is 0.323 e. The van der Waals surface area contributed by atoms with Crippen molar-refractivity contribution in [1.82, 2.24) is 24.9 Å². The topological polar surface area (TPSA) is 230 Å². The third kappa shape index (κ3) is 9.44. The molecule has 5 aliphatic rings. The molecule has 0 unspecified atom stereocenters. The first kappa shape index (κ1) is 43.6. The summed E-state index contributed by atoms with van der Waals surface area (Å²) in [5, 5.41) is 36.5. The lowest BCUT2D eigenvalue weighted by atomic mass is 9.82. The van der Waals surface area contributed by atoms with E-state index in [1.54, 1.807) is 16.9 Å².